The standard InChI is InChI=1S/C22H22F3N3O3/c1-4-28-19(17-9-8-16(30-2)11-20(17)31-3)12-18(27-28)21(29)26-13-14-6-5-7-15(10-14)22(23,24)25/h5-12H,4,13H2,1-3H3,(H,26,29). The first-order valence-corrected chi connectivity index (χ1v) is 9.51. The van der Waals surface area contributed by atoms with E-state index < -0.39 is 17.6 Å². The number of rotatable bonds is 7. The Morgan fingerprint density at radius 1 is 1.10 bits per heavy atom. The highest BCUT2D eigenvalue weighted by Gasteiger charge is 2.30. The van der Waals surface area contributed by atoms with Crippen LogP contribution in [0.1, 0.15) is 28.5 Å². The molecule has 3 aromatic rings. The van der Waals surface area contributed by atoms with Crippen molar-refractivity contribution in [1.82, 2.24) is 15.1 Å². The lowest BCUT2D eigenvalue weighted by atomic mass is 10.1. The van der Waals surface area contributed by atoms with E-state index in [0.29, 0.717) is 29.3 Å². The number of nitrogens with one attached hydrogen (secondary N) is 1. The minimum atomic E-state index is -4.44. The molecule has 0 aliphatic carbocycles. The molecule has 1 N–H and O–H groups in total. The Morgan fingerprint density at radius 3 is 2.52 bits per heavy atom. The lowest BCUT2D eigenvalue weighted by molar-refractivity contribution is -0.137. The number of hydrogen-bond acceptors (Lipinski definition) is 4. The number of aromatic nitrogens is 2. The lowest BCUT2D eigenvalue weighted by Gasteiger charge is -2.11. The number of nitrogens with zero attached hydrogens (tertiary/aromatic N) is 2. The Bertz CT molecular complexity index is 1080. The van der Waals surface area contributed by atoms with Crippen LogP contribution in [0.5, 0.6) is 11.5 Å². The molecule has 0 spiro atoms. The van der Waals surface area contributed by atoms with Gasteiger partial charge in [-0.15, -0.1) is 0 Å². The van der Waals surface area contributed by atoms with Crippen molar-refractivity contribution >= 4 is 5.91 Å². The van der Waals surface area contributed by atoms with E-state index in [9.17, 15) is 18.0 Å². The second-order valence-electron chi connectivity index (χ2n) is 6.68. The molecule has 1 heterocycles. The van der Waals surface area contributed by atoms with Crippen molar-refractivity contribution < 1.29 is 27.4 Å². The van der Waals surface area contributed by atoms with Crippen molar-refractivity contribution in [2.45, 2.75) is 26.2 Å². The van der Waals surface area contributed by atoms with Crippen LogP contribution in [0, 0.1) is 0 Å². The molecule has 3 rings (SSSR count). The largest absolute Gasteiger partial charge is 0.497 e. The highest BCUT2D eigenvalue weighted by molar-refractivity contribution is 5.93. The monoisotopic (exact) mass is 433 g/mol. The maximum atomic E-state index is 12.9. The predicted octanol–water partition coefficient (Wildman–Crippen LogP) is 4.54. The second-order valence-corrected chi connectivity index (χ2v) is 6.68. The van der Waals surface area contributed by atoms with Gasteiger partial charge in [-0.3, -0.25) is 9.48 Å². The molecule has 0 saturated heterocycles. The van der Waals surface area contributed by atoms with Gasteiger partial charge in [0.05, 0.1) is 25.5 Å². The van der Waals surface area contributed by atoms with Crippen LogP contribution in [-0.2, 0) is 19.3 Å². The smallest absolute Gasteiger partial charge is 0.416 e. The Labute approximate surface area is 177 Å². The van der Waals surface area contributed by atoms with Gasteiger partial charge >= 0.3 is 6.18 Å². The van der Waals surface area contributed by atoms with Crippen molar-refractivity contribution in [2.75, 3.05) is 14.2 Å². The average molecular weight is 433 g/mol. The van der Waals surface area contributed by atoms with Crippen molar-refractivity contribution in [3.8, 4) is 22.8 Å². The fraction of sp³-hybridized carbons (Fsp3) is 0.273. The number of carbonyl (C=O) groups is 1. The molecule has 0 fully saturated rings. The van der Waals surface area contributed by atoms with Crippen molar-refractivity contribution in [3.63, 3.8) is 0 Å². The molecule has 9 heteroatoms. The zero-order valence-electron chi connectivity index (χ0n) is 17.3. The number of halogens is 3. The van der Waals surface area contributed by atoms with Crippen LogP contribution < -0.4 is 14.8 Å². The first-order valence-electron chi connectivity index (χ1n) is 9.51. The number of carbonyl (C=O) groups excluding carboxylic acids is 1. The predicted molar refractivity (Wildman–Crippen MR) is 109 cm³/mol. The van der Waals surface area contributed by atoms with Crippen molar-refractivity contribution in [1.29, 1.82) is 0 Å². The number of alkyl halides is 3. The summed E-state index contributed by atoms with van der Waals surface area (Å²) in [5.74, 6) is 0.699. The van der Waals surface area contributed by atoms with E-state index in [0.717, 1.165) is 17.7 Å². The summed E-state index contributed by atoms with van der Waals surface area (Å²) in [6.07, 6.45) is -4.44. The first-order chi connectivity index (χ1) is 14.8. The molecule has 6 nitrogen and oxygen atoms in total. The van der Waals surface area contributed by atoms with E-state index in [1.54, 1.807) is 30.0 Å². The number of amides is 1. The maximum Gasteiger partial charge on any atom is 0.416 e. The Hall–Kier alpha value is -3.49. The van der Waals surface area contributed by atoms with Crippen LogP contribution >= 0.6 is 0 Å². The Morgan fingerprint density at radius 2 is 1.87 bits per heavy atom. The molecule has 0 bridgehead atoms. The average Bonchev–Trinajstić information content (AvgIpc) is 3.21. The summed E-state index contributed by atoms with van der Waals surface area (Å²) in [6.45, 7) is 2.34. The highest BCUT2D eigenvalue weighted by atomic mass is 19.4. The molecule has 0 atom stereocenters. The van der Waals surface area contributed by atoms with Crippen LogP contribution in [0.25, 0.3) is 11.3 Å². The van der Waals surface area contributed by atoms with E-state index in [1.807, 2.05) is 13.0 Å². The topological polar surface area (TPSA) is 65.4 Å². The van der Waals surface area contributed by atoms with Gasteiger partial charge in [0.15, 0.2) is 5.69 Å². The van der Waals surface area contributed by atoms with Gasteiger partial charge in [-0.1, -0.05) is 12.1 Å². The van der Waals surface area contributed by atoms with Gasteiger partial charge in [0.1, 0.15) is 11.5 Å². The molecule has 0 radical (unpaired) electrons. The van der Waals surface area contributed by atoms with Gasteiger partial charge < -0.3 is 14.8 Å². The van der Waals surface area contributed by atoms with Gasteiger partial charge in [0, 0.05) is 24.7 Å². The van der Waals surface area contributed by atoms with Gasteiger partial charge in [0.25, 0.3) is 5.91 Å². The third kappa shape index (κ3) is 4.99. The van der Waals surface area contributed by atoms with Crippen LogP contribution in [0.15, 0.2) is 48.5 Å². The van der Waals surface area contributed by atoms with Gasteiger partial charge in [-0.2, -0.15) is 18.3 Å². The van der Waals surface area contributed by atoms with Gasteiger partial charge in [-0.05, 0) is 42.8 Å². The number of benzene rings is 2. The summed E-state index contributed by atoms with van der Waals surface area (Å²) in [7, 11) is 3.09. The molecule has 1 amide bonds. The zero-order valence-corrected chi connectivity index (χ0v) is 17.3. The quantitative estimate of drug-likeness (QED) is 0.594. The van der Waals surface area contributed by atoms with E-state index in [2.05, 4.69) is 10.4 Å². The second kappa shape index (κ2) is 9.11. The molecule has 0 aliphatic heterocycles. The molecule has 2 aromatic carbocycles. The molecule has 164 valence electrons. The molecular weight excluding hydrogens is 411 g/mol. The summed E-state index contributed by atoms with van der Waals surface area (Å²) in [6, 6.07) is 11.8. The normalized spacial score (nSPS) is 11.3. The fourth-order valence-electron chi connectivity index (χ4n) is 3.13. The highest BCUT2D eigenvalue weighted by Crippen LogP contribution is 2.34. The van der Waals surface area contributed by atoms with E-state index >= 15 is 0 Å². The first kappa shape index (κ1) is 22.2. The molecule has 0 aliphatic rings. The van der Waals surface area contributed by atoms with E-state index in [1.165, 1.54) is 19.2 Å². The SMILES string of the molecule is CCn1nc(C(=O)NCc2cccc(C(F)(F)F)c2)cc1-c1ccc(OC)cc1OC. The summed E-state index contributed by atoms with van der Waals surface area (Å²) in [4.78, 5) is 12.6. The van der Waals surface area contributed by atoms with Crippen LogP contribution in [0.4, 0.5) is 13.2 Å². The van der Waals surface area contributed by atoms with Gasteiger partial charge in [0.2, 0.25) is 0 Å². The molecule has 0 unspecified atom stereocenters. The third-order valence-electron chi connectivity index (χ3n) is 4.70. The van der Waals surface area contributed by atoms with Crippen LogP contribution in [0.2, 0.25) is 0 Å². The summed E-state index contributed by atoms with van der Waals surface area (Å²) < 4.78 is 50.9. The maximum absolute atomic E-state index is 12.9. The van der Waals surface area contributed by atoms with Crippen LogP contribution in [0.3, 0.4) is 0 Å². The lowest BCUT2D eigenvalue weighted by Crippen LogP contribution is -2.23. The molecule has 1 aromatic heterocycles. The summed E-state index contributed by atoms with van der Waals surface area (Å²) >= 11 is 0. The third-order valence-corrected chi connectivity index (χ3v) is 4.70. The zero-order chi connectivity index (χ0) is 22.6. The van der Waals surface area contributed by atoms with E-state index in [-0.39, 0.29) is 12.2 Å². The fourth-order valence-corrected chi connectivity index (χ4v) is 3.13. The summed E-state index contributed by atoms with van der Waals surface area (Å²) in [5, 5.41) is 6.95. The van der Waals surface area contributed by atoms with Gasteiger partial charge in [-0.25, -0.2) is 0 Å². The Kier molecular flexibility index (Phi) is 6.53. The number of methoxy groups -OCH3 is 2. The summed E-state index contributed by atoms with van der Waals surface area (Å²) in [5.41, 5.74) is 1.14. The number of hydrogen-bond donors (Lipinski definition) is 1. The van der Waals surface area contributed by atoms with Crippen molar-refractivity contribution in [2.24, 2.45) is 0 Å². The minimum Gasteiger partial charge on any atom is -0.497 e. The van der Waals surface area contributed by atoms with Crippen LogP contribution in [-0.4, -0.2) is 29.9 Å². The minimum absolute atomic E-state index is 0.0527. The number of aryl methyl sites for hydroxylation is 1. The molecule has 31 heavy (non-hydrogen) atoms. The Balaban J connectivity index is 1.82. The van der Waals surface area contributed by atoms with E-state index in [4.69, 9.17) is 9.47 Å². The van der Waals surface area contributed by atoms with Crippen molar-refractivity contribution in [3.05, 3.63) is 65.4 Å². The number of ether oxygens (including phenoxy) is 2. The molecular formula is C22H22F3N3O3. The molecule has 0 saturated carbocycles.